The third kappa shape index (κ3) is 3.15. The zero-order valence-electron chi connectivity index (χ0n) is 11.1. The van der Waals surface area contributed by atoms with Crippen LogP contribution in [0.15, 0.2) is 42.5 Å². The smallest absolute Gasteiger partial charge is 0.338 e. The lowest BCUT2D eigenvalue weighted by molar-refractivity contribution is 0.0691. The van der Waals surface area contributed by atoms with Crippen molar-refractivity contribution in [2.45, 2.75) is 20.0 Å². The van der Waals surface area contributed by atoms with Crippen LogP contribution in [0.3, 0.4) is 0 Å². The molecule has 0 atom stereocenters. The molecule has 104 valence electrons. The molecule has 3 nitrogen and oxygen atoms in total. The van der Waals surface area contributed by atoms with Gasteiger partial charge < -0.3 is 9.84 Å². The molecule has 0 saturated heterocycles. The van der Waals surface area contributed by atoms with Crippen LogP contribution in [0.2, 0.25) is 0 Å². The Kier molecular flexibility index (Phi) is 4.35. The van der Waals surface area contributed by atoms with Gasteiger partial charge in [-0.05, 0) is 35.7 Å². The molecule has 0 saturated carbocycles. The van der Waals surface area contributed by atoms with Crippen molar-refractivity contribution < 1.29 is 19.0 Å². The average Bonchev–Trinajstić information content (AvgIpc) is 2.46. The molecule has 0 aliphatic heterocycles. The molecule has 0 fully saturated rings. The second kappa shape index (κ2) is 6.19. The van der Waals surface area contributed by atoms with Gasteiger partial charge in [-0.25, -0.2) is 9.18 Å². The molecule has 2 aromatic rings. The summed E-state index contributed by atoms with van der Waals surface area (Å²) in [7, 11) is 0. The van der Waals surface area contributed by atoms with Crippen molar-refractivity contribution in [2.24, 2.45) is 0 Å². The predicted octanol–water partition coefficient (Wildman–Crippen LogP) is 3.67. The van der Waals surface area contributed by atoms with Crippen molar-refractivity contribution in [3.05, 3.63) is 65.0 Å². The Morgan fingerprint density at radius 1 is 1.25 bits per heavy atom. The number of para-hydroxylation sites is 1. The Balaban J connectivity index is 2.15. The fraction of sp³-hybridized carbons (Fsp3) is 0.188. The molecule has 4 heteroatoms. The number of carbonyl (C=O) groups is 1. The number of benzene rings is 2. The van der Waals surface area contributed by atoms with E-state index in [0.29, 0.717) is 5.56 Å². The van der Waals surface area contributed by atoms with Crippen LogP contribution in [0.1, 0.15) is 28.4 Å². The molecular weight excluding hydrogens is 259 g/mol. The summed E-state index contributed by atoms with van der Waals surface area (Å²) >= 11 is 0. The average molecular weight is 274 g/mol. The number of halogens is 1. The first-order valence-electron chi connectivity index (χ1n) is 6.34. The Morgan fingerprint density at radius 3 is 2.70 bits per heavy atom. The normalized spacial score (nSPS) is 10.3. The molecule has 2 aromatic carbocycles. The van der Waals surface area contributed by atoms with E-state index in [1.807, 2.05) is 31.2 Å². The second-order valence-electron chi connectivity index (χ2n) is 4.37. The lowest BCUT2D eigenvalue weighted by atomic mass is 10.1. The standard InChI is InChI=1S/C16H15FO3/c1-2-12-5-3-4-6-15(12)20-10-11-7-8-14(17)13(9-11)16(18)19/h3-9H,2,10H2,1H3,(H,18,19). The van der Waals surface area contributed by atoms with Crippen molar-refractivity contribution in [2.75, 3.05) is 0 Å². The highest BCUT2D eigenvalue weighted by molar-refractivity contribution is 5.88. The monoisotopic (exact) mass is 274 g/mol. The Labute approximate surface area is 116 Å². The molecule has 0 heterocycles. The summed E-state index contributed by atoms with van der Waals surface area (Å²) in [6, 6.07) is 11.6. The first-order valence-corrected chi connectivity index (χ1v) is 6.34. The van der Waals surface area contributed by atoms with Crippen LogP contribution in [-0.4, -0.2) is 11.1 Å². The van der Waals surface area contributed by atoms with Crippen molar-refractivity contribution in [3.63, 3.8) is 0 Å². The third-order valence-corrected chi connectivity index (χ3v) is 3.01. The lowest BCUT2D eigenvalue weighted by Crippen LogP contribution is -2.04. The van der Waals surface area contributed by atoms with E-state index in [1.54, 1.807) is 0 Å². The maximum absolute atomic E-state index is 13.3. The summed E-state index contributed by atoms with van der Waals surface area (Å²) in [6.07, 6.45) is 0.847. The van der Waals surface area contributed by atoms with Crippen LogP contribution < -0.4 is 4.74 Å². The molecule has 0 aliphatic rings. The molecule has 0 bridgehead atoms. The minimum atomic E-state index is -1.28. The van der Waals surface area contributed by atoms with Crippen molar-refractivity contribution in [1.29, 1.82) is 0 Å². The van der Waals surface area contributed by atoms with Crippen LogP contribution in [0.5, 0.6) is 5.75 Å². The second-order valence-corrected chi connectivity index (χ2v) is 4.37. The highest BCUT2D eigenvalue weighted by Crippen LogP contribution is 2.20. The number of hydrogen-bond acceptors (Lipinski definition) is 2. The van der Waals surface area contributed by atoms with E-state index in [0.717, 1.165) is 23.8 Å². The van der Waals surface area contributed by atoms with Gasteiger partial charge in [0, 0.05) is 0 Å². The maximum atomic E-state index is 13.3. The van der Waals surface area contributed by atoms with Crippen molar-refractivity contribution >= 4 is 5.97 Å². The minimum absolute atomic E-state index is 0.206. The number of aryl methyl sites for hydroxylation is 1. The van der Waals surface area contributed by atoms with E-state index in [2.05, 4.69) is 0 Å². The van der Waals surface area contributed by atoms with Gasteiger partial charge in [-0.2, -0.15) is 0 Å². The molecular formula is C16H15FO3. The van der Waals surface area contributed by atoms with E-state index in [4.69, 9.17) is 9.84 Å². The summed E-state index contributed by atoms with van der Waals surface area (Å²) in [4.78, 5) is 10.9. The van der Waals surface area contributed by atoms with E-state index in [1.165, 1.54) is 12.1 Å². The molecule has 2 rings (SSSR count). The number of carboxylic acids is 1. The number of ether oxygens (including phenoxy) is 1. The third-order valence-electron chi connectivity index (χ3n) is 3.01. The number of hydrogen-bond donors (Lipinski definition) is 1. The summed E-state index contributed by atoms with van der Waals surface area (Å²) in [6.45, 7) is 2.24. The fourth-order valence-electron chi connectivity index (χ4n) is 1.92. The SMILES string of the molecule is CCc1ccccc1OCc1ccc(F)c(C(=O)O)c1. The first-order chi connectivity index (χ1) is 9.61. The lowest BCUT2D eigenvalue weighted by Gasteiger charge is -2.10. The fourth-order valence-corrected chi connectivity index (χ4v) is 1.92. The molecule has 1 N–H and O–H groups in total. The summed E-state index contributed by atoms with van der Waals surface area (Å²) in [5, 5.41) is 8.88. The predicted molar refractivity (Wildman–Crippen MR) is 73.5 cm³/mol. The molecule has 0 radical (unpaired) electrons. The van der Waals surface area contributed by atoms with Crippen LogP contribution in [-0.2, 0) is 13.0 Å². The quantitative estimate of drug-likeness (QED) is 0.905. The van der Waals surface area contributed by atoms with Gasteiger partial charge in [0.05, 0.1) is 5.56 Å². The molecule has 0 amide bonds. The van der Waals surface area contributed by atoms with E-state index in [9.17, 15) is 9.18 Å². The van der Waals surface area contributed by atoms with E-state index >= 15 is 0 Å². The van der Waals surface area contributed by atoms with Gasteiger partial charge in [-0.3, -0.25) is 0 Å². The van der Waals surface area contributed by atoms with Crippen LogP contribution in [0.25, 0.3) is 0 Å². The number of carboxylic acid groups (broad SMARTS) is 1. The highest BCUT2D eigenvalue weighted by atomic mass is 19.1. The Hall–Kier alpha value is -2.36. The first kappa shape index (κ1) is 14.1. The molecule has 0 unspecified atom stereocenters. The Bertz CT molecular complexity index is 623. The van der Waals surface area contributed by atoms with Crippen LogP contribution in [0, 0.1) is 5.82 Å². The van der Waals surface area contributed by atoms with Gasteiger partial charge in [0.15, 0.2) is 0 Å². The van der Waals surface area contributed by atoms with Crippen LogP contribution in [0.4, 0.5) is 4.39 Å². The van der Waals surface area contributed by atoms with Crippen LogP contribution >= 0.6 is 0 Å². The molecule has 0 spiro atoms. The van der Waals surface area contributed by atoms with Gasteiger partial charge in [-0.1, -0.05) is 31.2 Å². The summed E-state index contributed by atoms with van der Waals surface area (Å²) in [5.74, 6) is -1.26. The molecule has 0 aromatic heterocycles. The highest BCUT2D eigenvalue weighted by Gasteiger charge is 2.11. The maximum Gasteiger partial charge on any atom is 0.338 e. The molecule has 0 aliphatic carbocycles. The van der Waals surface area contributed by atoms with E-state index in [-0.39, 0.29) is 12.2 Å². The van der Waals surface area contributed by atoms with Crippen molar-refractivity contribution in [1.82, 2.24) is 0 Å². The summed E-state index contributed by atoms with van der Waals surface area (Å²) < 4.78 is 19.0. The van der Waals surface area contributed by atoms with Gasteiger partial charge in [0.1, 0.15) is 18.2 Å². The van der Waals surface area contributed by atoms with Gasteiger partial charge in [-0.15, -0.1) is 0 Å². The topological polar surface area (TPSA) is 46.5 Å². The van der Waals surface area contributed by atoms with Crippen molar-refractivity contribution in [3.8, 4) is 5.75 Å². The summed E-state index contributed by atoms with van der Waals surface area (Å²) in [5.41, 5.74) is 1.36. The van der Waals surface area contributed by atoms with E-state index < -0.39 is 11.8 Å². The zero-order chi connectivity index (χ0) is 14.5. The minimum Gasteiger partial charge on any atom is -0.489 e. The zero-order valence-corrected chi connectivity index (χ0v) is 11.1. The van der Waals surface area contributed by atoms with Gasteiger partial charge in [0.25, 0.3) is 0 Å². The number of aromatic carboxylic acids is 1. The van der Waals surface area contributed by atoms with Gasteiger partial charge >= 0.3 is 5.97 Å². The Morgan fingerprint density at radius 2 is 2.00 bits per heavy atom. The largest absolute Gasteiger partial charge is 0.489 e. The molecule has 20 heavy (non-hydrogen) atoms. The number of rotatable bonds is 5. The van der Waals surface area contributed by atoms with Gasteiger partial charge in [0.2, 0.25) is 0 Å².